The molecular formula is C23H39IN4O. The third kappa shape index (κ3) is 6.82. The van der Waals surface area contributed by atoms with Gasteiger partial charge in [0.2, 0.25) is 0 Å². The normalized spacial score (nSPS) is 20.7. The van der Waals surface area contributed by atoms with Crippen LogP contribution in [0.3, 0.4) is 0 Å². The maximum Gasteiger partial charge on any atom is 0.191 e. The van der Waals surface area contributed by atoms with Crippen molar-refractivity contribution in [2.45, 2.75) is 57.9 Å². The van der Waals surface area contributed by atoms with Crippen LogP contribution in [0, 0.1) is 6.92 Å². The molecule has 5 nitrogen and oxygen atoms in total. The van der Waals surface area contributed by atoms with Crippen molar-refractivity contribution in [2.75, 3.05) is 45.9 Å². The summed E-state index contributed by atoms with van der Waals surface area (Å²) in [4.78, 5) is 7.71. The third-order valence-electron chi connectivity index (χ3n) is 6.30. The molecule has 1 unspecified atom stereocenters. The van der Waals surface area contributed by atoms with E-state index < -0.39 is 0 Å². The van der Waals surface area contributed by atoms with Crippen LogP contribution in [-0.4, -0.2) is 62.3 Å². The van der Waals surface area contributed by atoms with Gasteiger partial charge in [0, 0.05) is 31.8 Å². The number of hydrogen-bond acceptors (Lipinski definition) is 3. The molecule has 2 fully saturated rings. The van der Waals surface area contributed by atoms with Crippen molar-refractivity contribution in [1.29, 1.82) is 0 Å². The molecule has 164 valence electrons. The van der Waals surface area contributed by atoms with Gasteiger partial charge in [-0.1, -0.05) is 36.8 Å². The molecule has 0 saturated carbocycles. The van der Waals surface area contributed by atoms with Gasteiger partial charge in [0.15, 0.2) is 5.96 Å². The second-order valence-corrected chi connectivity index (χ2v) is 8.42. The van der Waals surface area contributed by atoms with Crippen LogP contribution in [0.4, 0.5) is 0 Å². The van der Waals surface area contributed by atoms with Crippen LogP contribution in [0.2, 0.25) is 0 Å². The fourth-order valence-electron chi connectivity index (χ4n) is 4.35. The van der Waals surface area contributed by atoms with Gasteiger partial charge in [-0.05, 0) is 64.1 Å². The molecule has 2 N–H and O–H groups in total. The number of likely N-dealkylation sites (tertiary alicyclic amines) is 1. The van der Waals surface area contributed by atoms with Crippen LogP contribution in [0.25, 0.3) is 0 Å². The SMILES string of the molecule is CCNC(=NCC1(N2CCCC2)CCOCC1)NCC(C)c1ccc(C)cc1.I. The first-order valence-corrected chi connectivity index (χ1v) is 11.0. The molecule has 0 amide bonds. The van der Waals surface area contributed by atoms with E-state index in [4.69, 9.17) is 9.73 Å². The molecule has 2 saturated heterocycles. The number of guanidine groups is 1. The van der Waals surface area contributed by atoms with E-state index in [1.165, 1.54) is 37.1 Å². The molecule has 1 aromatic carbocycles. The Morgan fingerprint density at radius 1 is 1.14 bits per heavy atom. The minimum Gasteiger partial charge on any atom is -0.381 e. The molecule has 0 spiro atoms. The first-order valence-electron chi connectivity index (χ1n) is 11.0. The Labute approximate surface area is 194 Å². The van der Waals surface area contributed by atoms with E-state index in [2.05, 4.69) is 60.6 Å². The van der Waals surface area contributed by atoms with Crippen molar-refractivity contribution in [1.82, 2.24) is 15.5 Å². The topological polar surface area (TPSA) is 48.9 Å². The lowest BCUT2D eigenvalue weighted by molar-refractivity contribution is -0.0139. The number of hydrogen-bond donors (Lipinski definition) is 2. The molecule has 0 radical (unpaired) electrons. The number of aliphatic imine (C=N–C) groups is 1. The smallest absolute Gasteiger partial charge is 0.191 e. The van der Waals surface area contributed by atoms with E-state index >= 15 is 0 Å². The van der Waals surface area contributed by atoms with E-state index in [1.807, 2.05) is 0 Å². The summed E-state index contributed by atoms with van der Waals surface area (Å²) < 4.78 is 5.67. The summed E-state index contributed by atoms with van der Waals surface area (Å²) in [5.41, 5.74) is 2.86. The van der Waals surface area contributed by atoms with Crippen molar-refractivity contribution in [2.24, 2.45) is 4.99 Å². The van der Waals surface area contributed by atoms with Crippen molar-refractivity contribution in [3.63, 3.8) is 0 Å². The maximum absolute atomic E-state index is 5.67. The molecule has 0 aliphatic carbocycles. The molecule has 29 heavy (non-hydrogen) atoms. The lowest BCUT2D eigenvalue weighted by Gasteiger charge is -2.43. The lowest BCUT2D eigenvalue weighted by atomic mass is 9.88. The summed E-state index contributed by atoms with van der Waals surface area (Å²) in [6, 6.07) is 8.85. The summed E-state index contributed by atoms with van der Waals surface area (Å²) in [5.74, 6) is 1.38. The molecule has 2 heterocycles. The molecule has 6 heteroatoms. The number of benzene rings is 1. The average Bonchev–Trinajstić information content (AvgIpc) is 3.27. The largest absolute Gasteiger partial charge is 0.381 e. The highest BCUT2D eigenvalue weighted by Crippen LogP contribution is 2.31. The zero-order chi connectivity index (χ0) is 19.8. The molecule has 0 aromatic heterocycles. The van der Waals surface area contributed by atoms with Crippen molar-refractivity contribution < 1.29 is 4.74 Å². The second kappa shape index (κ2) is 12.1. The highest BCUT2D eigenvalue weighted by molar-refractivity contribution is 14.0. The van der Waals surface area contributed by atoms with E-state index in [0.29, 0.717) is 5.92 Å². The van der Waals surface area contributed by atoms with Gasteiger partial charge in [-0.2, -0.15) is 0 Å². The first kappa shape index (κ1) is 24.4. The van der Waals surface area contributed by atoms with Crippen LogP contribution in [0.15, 0.2) is 29.3 Å². The number of nitrogens with one attached hydrogen (secondary N) is 2. The van der Waals surface area contributed by atoms with Gasteiger partial charge in [-0.15, -0.1) is 24.0 Å². The predicted molar refractivity (Wildman–Crippen MR) is 133 cm³/mol. The summed E-state index contributed by atoms with van der Waals surface area (Å²) in [6.07, 6.45) is 4.82. The van der Waals surface area contributed by atoms with E-state index in [1.54, 1.807) is 0 Å². The Kier molecular flexibility index (Phi) is 10.2. The van der Waals surface area contributed by atoms with Gasteiger partial charge in [0.25, 0.3) is 0 Å². The van der Waals surface area contributed by atoms with Crippen LogP contribution >= 0.6 is 24.0 Å². The molecule has 3 rings (SSSR count). The summed E-state index contributed by atoms with van der Waals surface area (Å²) in [6.45, 7) is 13.3. The zero-order valence-corrected chi connectivity index (χ0v) is 20.7. The van der Waals surface area contributed by atoms with Gasteiger partial charge in [0.05, 0.1) is 6.54 Å². The minimum atomic E-state index is 0. The highest BCUT2D eigenvalue weighted by atomic mass is 127. The minimum absolute atomic E-state index is 0. The molecule has 0 bridgehead atoms. The second-order valence-electron chi connectivity index (χ2n) is 8.42. The van der Waals surface area contributed by atoms with E-state index in [9.17, 15) is 0 Å². The molecule has 1 atom stereocenters. The zero-order valence-electron chi connectivity index (χ0n) is 18.4. The fraction of sp³-hybridized carbons (Fsp3) is 0.696. The van der Waals surface area contributed by atoms with Gasteiger partial charge in [-0.3, -0.25) is 9.89 Å². The van der Waals surface area contributed by atoms with Crippen LogP contribution in [-0.2, 0) is 4.74 Å². The molecule has 2 aliphatic rings. The summed E-state index contributed by atoms with van der Waals surface area (Å²) >= 11 is 0. The Morgan fingerprint density at radius 3 is 2.41 bits per heavy atom. The highest BCUT2D eigenvalue weighted by Gasteiger charge is 2.39. The lowest BCUT2D eigenvalue weighted by Crippen LogP contribution is -2.54. The standard InChI is InChI=1S/C23H38N4O.HI/c1-4-24-22(25-17-20(3)21-9-7-19(2)8-10-21)26-18-23(11-15-28-16-12-23)27-13-5-6-14-27;/h7-10,20H,4-6,11-18H2,1-3H3,(H2,24,25,26);1H. The van der Waals surface area contributed by atoms with E-state index in [-0.39, 0.29) is 29.5 Å². The van der Waals surface area contributed by atoms with Crippen molar-refractivity contribution in [3.8, 4) is 0 Å². The van der Waals surface area contributed by atoms with Gasteiger partial charge >= 0.3 is 0 Å². The molecule has 2 aliphatic heterocycles. The van der Waals surface area contributed by atoms with Crippen LogP contribution in [0.5, 0.6) is 0 Å². The Morgan fingerprint density at radius 2 is 1.79 bits per heavy atom. The maximum atomic E-state index is 5.67. The number of nitrogens with zero attached hydrogens (tertiary/aromatic N) is 2. The number of ether oxygens (including phenoxy) is 1. The van der Waals surface area contributed by atoms with Crippen molar-refractivity contribution >= 4 is 29.9 Å². The third-order valence-corrected chi connectivity index (χ3v) is 6.30. The quantitative estimate of drug-likeness (QED) is 0.329. The van der Waals surface area contributed by atoms with Gasteiger partial charge in [0.1, 0.15) is 0 Å². The Bertz CT molecular complexity index is 622. The molecule has 1 aromatic rings. The predicted octanol–water partition coefficient (Wildman–Crippen LogP) is 3.92. The van der Waals surface area contributed by atoms with Gasteiger partial charge < -0.3 is 15.4 Å². The first-order chi connectivity index (χ1) is 13.6. The fourth-order valence-corrected chi connectivity index (χ4v) is 4.35. The summed E-state index contributed by atoms with van der Waals surface area (Å²) in [5, 5.41) is 7.01. The van der Waals surface area contributed by atoms with Crippen LogP contribution in [0.1, 0.15) is 56.6 Å². The summed E-state index contributed by atoms with van der Waals surface area (Å²) in [7, 11) is 0. The Hall–Kier alpha value is -0.860. The molecular weight excluding hydrogens is 475 g/mol. The van der Waals surface area contributed by atoms with E-state index in [0.717, 1.165) is 51.6 Å². The number of aryl methyl sites for hydroxylation is 1. The number of rotatable bonds is 7. The average molecular weight is 514 g/mol. The van der Waals surface area contributed by atoms with Crippen molar-refractivity contribution in [3.05, 3.63) is 35.4 Å². The Balaban J connectivity index is 0.00000300. The monoisotopic (exact) mass is 514 g/mol. The van der Waals surface area contributed by atoms with Gasteiger partial charge in [-0.25, -0.2) is 0 Å². The number of halogens is 1. The van der Waals surface area contributed by atoms with Crippen LogP contribution < -0.4 is 10.6 Å².